The second-order valence-corrected chi connectivity index (χ2v) is 8.15. The number of ether oxygens (including phenoxy) is 2. The Morgan fingerprint density at radius 1 is 1.06 bits per heavy atom. The van der Waals surface area contributed by atoms with Crippen LogP contribution in [0.4, 0.5) is 5.95 Å². The van der Waals surface area contributed by atoms with Gasteiger partial charge in [-0.1, -0.05) is 29.3 Å². The maximum Gasteiger partial charge on any atom is 0.327 e. The molecule has 32 heavy (non-hydrogen) atoms. The van der Waals surface area contributed by atoms with E-state index in [0.29, 0.717) is 40.9 Å². The van der Waals surface area contributed by atoms with Gasteiger partial charge in [-0.05, 0) is 55.7 Å². The molecule has 1 aromatic heterocycles. The van der Waals surface area contributed by atoms with Gasteiger partial charge in [-0.15, -0.1) is 0 Å². The first-order valence-corrected chi connectivity index (χ1v) is 10.7. The van der Waals surface area contributed by atoms with E-state index in [-0.39, 0.29) is 29.7 Å². The number of anilines is 1. The van der Waals surface area contributed by atoms with Gasteiger partial charge in [0.1, 0.15) is 5.75 Å². The minimum atomic E-state index is -0.791. The van der Waals surface area contributed by atoms with Crippen molar-refractivity contribution in [2.24, 2.45) is 5.92 Å². The number of hydrogen-bond donors (Lipinski definition) is 2. The summed E-state index contributed by atoms with van der Waals surface area (Å²) in [6.07, 6.45) is 1.79. The number of aliphatic carboxylic acids is 1. The van der Waals surface area contributed by atoms with Gasteiger partial charge in [0.05, 0.1) is 23.1 Å². The topological polar surface area (TPSA) is 106 Å². The van der Waals surface area contributed by atoms with Crippen molar-refractivity contribution < 1.29 is 19.4 Å². The molecule has 2 aromatic carbocycles. The number of nitrogens with zero attached hydrogens (tertiary/aromatic N) is 3. The first kappa shape index (κ1) is 22.1. The van der Waals surface area contributed by atoms with E-state index in [1.165, 1.54) is 0 Å². The molecule has 1 saturated carbocycles. The molecule has 8 nitrogen and oxygen atoms in total. The zero-order chi connectivity index (χ0) is 22.7. The zero-order valence-corrected chi connectivity index (χ0v) is 18.6. The van der Waals surface area contributed by atoms with Gasteiger partial charge in [0.2, 0.25) is 5.95 Å². The molecule has 0 spiro atoms. The van der Waals surface area contributed by atoms with E-state index >= 15 is 0 Å². The Bertz CT molecular complexity index is 1110. The van der Waals surface area contributed by atoms with Crippen LogP contribution in [0.3, 0.4) is 0 Å². The van der Waals surface area contributed by atoms with Crippen LogP contribution in [0, 0.1) is 5.92 Å². The minimum Gasteiger partial charge on any atom is -0.497 e. The van der Waals surface area contributed by atoms with Gasteiger partial charge in [0, 0.05) is 11.6 Å². The largest absolute Gasteiger partial charge is 0.497 e. The smallest absolute Gasteiger partial charge is 0.327 e. The summed E-state index contributed by atoms with van der Waals surface area (Å²) in [6.45, 7) is 0. The van der Waals surface area contributed by atoms with Crippen molar-refractivity contribution in [3.63, 3.8) is 0 Å². The number of carboxylic acids is 1. The Balaban J connectivity index is 1.67. The molecule has 3 aromatic rings. The highest BCUT2D eigenvalue weighted by molar-refractivity contribution is 6.37. The fraction of sp³-hybridized carbons (Fsp3) is 0.273. The van der Waals surface area contributed by atoms with Crippen LogP contribution < -0.4 is 14.8 Å². The van der Waals surface area contributed by atoms with Gasteiger partial charge in [-0.3, -0.25) is 4.79 Å². The lowest BCUT2D eigenvalue weighted by molar-refractivity contribution is -0.141. The van der Waals surface area contributed by atoms with Crippen LogP contribution in [0.1, 0.15) is 19.3 Å². The van der Waals surface area contributed by atoms with Crippen molar-refractivity contribution in [1.29, 1.82) is 0 Å². The summed E-state index contributed by atoms with van der Waals surface area (Å²) in [5.74, 6) is 0.414. The fourth-order valence-electron chi connectivity index (χ4n) is 3.53. The third-order valence-electron chi connectivity index (χ3n) is 5.19. The number of benzene rings is 2. The van der Waals surface area contributed by atoms with Crippen molar-refractivity contribution in [3.05, 3.63) is 52.5 Å². The summed E-state index contributed by atoms with van der Waals surface area (Å²) in [6, 6.07) is 12.2. The number of carboxylic acid groups (broad SMARTS) is 1. The molecule has 1 aliphatic rings. The number of nitrogens with one attached hydrogen (secondary N) is 1. The Hall–Kier alpha value is -3.10. The van der Waals surface area contributed by atoms with Crippen LogP contribution >= 0.6 is 23.2 Å². The molecule has 166 valence electrons. The lowest BCUT2D eigenvalue weighted by Gasteiger charge is -2.15. The predicted molar refractivity (Wildman–Crippen MR) is 121 cm³/mol. The highest BCUT2D eigenvalue weighted by Crippen LogP contribution is 2.36. The molecular weight excluding hydrogens is 455 g/mol. The number of para-hydroxylation sites is 1. The molecule has 0 amide bonds. The van der Waals surface area contributed by atoms with Crippen molar-refractivity contribution in [1.82, 2.24) is 15.0 Å². The molecular formula is C22H20Cl2N4O4. The van der Waals surface area contributed by atoms with E-state index in [9.17, 15) is 9.90 Å². The zero-order valence-electron chi connectivity index (χ0n) is 17.1. The van der Waals surface area contributed by atoms with E-state index in [4.69, 9.17) is 32.7 Å². The molecule has 0 bridgehead atoms. The molecule has 4 rings (SSSR count). The van der Waals surface area contributed by atoms with Crippen LogP contribution in [-0.2, 0) is 4.79 Å². The van der Waals surface area contributed by atoms with Crippen LogP contribution in [0.25, 0.3) is 11.4 Å². The average Bonchev–Trinajstić information content (AvgIpc) is 3.25. The van der Waals surface area contributed by atoms with Gasteiger partial charge in [0.15, 0.2) is 11.6 Å². The summed E-state index contributed by atoms with van der Waals surface area (Å²) < 4.78 is 11.0. The SMILES string of the molecule is COc1ccc(-c2nc(NC3CCC(C(=O)O)C3)nc(Oc3c(Cl)cccc3Cl)n2)cc1. The van der Waals surface area contributed by atoms with Crippen LogP contribution in [0.5, 0.6) is 17.5 Å². The number of aromatic nitrogens is 3. The van der Waals surface area contributed by atoms with E-state index in [1.54, 1.807) is 37.4 Å². The Labute approximate surface area is 194 Å². The molecule has 1 fully saturated rings. The summed E-state index contributed by atoms with van der Waals surface area (Å²) in [7, 11) is 1.59. The maximum atomic E-state index is 11.3. The van der Waals surface area contributed by atoms with E-state index in [2.05, 4.69) is 20.3 Å². The van der Waals surface area contributed by atoms with Gasteiger partial charge >= 0.3 is 12.0 Å². The maximum absolute atomic E-state index is 11.3. The monoisotopic (exact) mass is 474 g/mol. The van der Waals surface area contributed by atoms with Crippen LogP contribution in [-0.4, -0.2) is 39.2 Å². The third-order valence-corrected chi connectivity index (χ3v) is 5.79. The standard InChI is InChI=1S/C22H20Cl2N4O4/c1-31-15-9-6-12(7-10-15)19-26-21(25-14-8-5-13(11-14)20(29)30)28-22(27-19)32-18-16(23)3-2-4-17(18)24/h2-4,6-7,9-10,13-14H,5,8,11H2,1H3,(H,29,30)(H,25,26,27,28). The number of rotatable bonds is 7. The summed E-state index contributed by atoms with van der Waals surface area (Å²) in [4.78, 5) is 24.6. The summed E-state index contributed by atoms with van der Waals surface area (Å²) in [5.41, 5.74) is 0.723. The Kier molecular flexibility index (Phi) is 6.62. The molecule has 1 aliphatic carbocycles. The lowest BCUT2D eigenvalue weighted by Crippen LogP contribution is -2.20. The number of halogens is 2. The Morgan fingerprint density at radius 3 is 2.41 bits per heavy atom. The van der Waals surface area contributed by atoms with Crippen LogP contribution in [0.15, 0.2) is 42.5 Å². The van der Waals surface area contributed by atoms with Crippen molar-refractivity contribution >= 4 is 35.1 Å². The van der Waals surface area contributed by atoms with Crippen molar-refractivity contribution in [3.8, 4) is 28.9 Å². The highest BCUT2D eigenvalue weighted by atomic mass is 35.5. The second-order valence-electron chi connectivity index (χ2n) is 7.34. The van der Waals surface area contributed by atoms with Gasteiger partial charge in [0.25, 0.3) is 0 Å². The van der Waals surface area contributed by atoms with E-state index < -0.39 is 5.97 Å². The average molecular weight is 475 g/mol. The molecule has 2 unspecified atom stereocenters. The molecule has 0 saturated heterocycles. The summed E-state index contributed by atoms with van der Waals surface area (Å²) in [5, 5.41) is 13.1. The number of carbonyl (C=O) groups is 1. The van der Waals surface area contributed by atoms with Crippen molar-refractivity contribution in [2.45, 2.75) is 25.3 Å². The lowest BCUT2D eigenvalue weighted by atomic mass is 10.1. The highest BCUT2D eigenvalue weighted by Gasteiger charge is 2.30. The quantitative estimate of drug-likeness (QED) is 0.474. The second kappa shape index (κ2) is 9.58. The normalized spacial score (nSPS) is 17.7. The van der Waals surface area contributed by atoms with Gasteiger partial charge in [-0.2, -0.15) is 15.0 Å². The molecule has 1 heterocycles. The molecule has 10 heteroatoms. The fourth-order valence-corrected chi connectivity index (χ4v) is 4.00. The molecule has 2 N–H and O–H groups in total. The van der Waals surface area contributed by atoms with Crippen molar-refractivity contribution in [2.75, 3.05) is 12.4 Å². The summed E-state index contributed by atoms with van der Waals surface area (Å²) >= 11 is 12.5. The first-order chi connectivity index (χ1) is 15.4. The number of hydrogen-bond acceptors (Lipinski definition) is 7. The molecule has 0 radical (unpaired) electrons. The minimum absolute atomic E-state index is 0.0103. The van der Waals surface area contributed by atoms with Gasteiger partial charge < -0.3 is 19.9 Å². The van der Waals surface area contributed by atoms with E-state index in [0.717, 1.165) is 5.56 Å². The van der Waals surface area contributed by atoms with Crippen LogP contribution in [0.2, 0.25) is 10.0 Å². The molecule has 2 atom stereocenters. The number of methoxy groups -OCH3 is 1. The third kappa shape index (κ3) is 5.03. The van der Waals surface area contributed by atoms with E-state index in [1.807, 2.05) is 12.1 Å². The Morgan fingerprint density at radius 2 is 1.78 bits per heavy atom. The van der Waals surface area contributed by atoms with Gasteiger partial charge in [-0.25, -0.2) is 0 Å². The molecule has 0 aliphatic heterocycles. The predicted octanol–water partition coefficient (Wildman–Crippen LogP) is 5.31. The first-order valence-electron chi connectivity index (χ1n) is 9.94.